The summed E-state index contributed by atoms with van der Waals surface area (Å²) in [5.41, 5.74) is 5.93. The van der Waals surface area contributed by atoms with Crippen molar-refractivity contribution in [1.29, 1.82) is 0 Å². The van der Waals surface area contributed by atoms with Gasteiger partial charge in [-0.1, -0.05) is 6.07 Å². The van der Waals surface area contributed by atoms with E-state index in [2.05, 4.69) is 4.98 Å². The summed E-state index contributed by atoms with van der Waals surface area (Å²) in [6.45, 7) is 6.83. The first-order valence-electron chi connectivity index (χ1n) is 7.51. The number of nitrogens with zero attached hydrogens (tertiary/aromatic N) is 2. The summed E-state index contributed by atoms with van der Waals surface area (Å²) in [5.74, 6) is -0.286. The average Bonchev–Trinajstić information content (AvgIpc) is 2.46. The molecule has 0 aliphatic carbocycles. The van der Waals surface area contributed by atoms with Crippen LogP contribution in [-0.4, -0.2) is 40.6 Å². The summed E-state index contributed by atoms with van der Waals surface area (Å²) in [6, 6.07) is 5.31. The van der Waals surface area contributed by atoms with Crippen LogP contribution in [0.5, 0.6) is 0 Å². The van der Waals surface area contributed by atoms with Crippen LogP contribution in [0.25, 0.3) is 0 Å². The minimum atomic E-state index is -0.520. The Kier molecular flexibility index (Phi) is 4.68. The number of piperidine rings is 1. The van der Waals surface area contributed by atoms with Gasteiger partial charge < -0.3 is 15.4 Å². The third kappa shape index (κ3) is 4.19. The Hall–Kier alpha value is -2.11. The van der Waals surface area contributed by atoms with Gasteiger partial charge in [-0.25, -0.2) is 9.78 Å². The van der Waals surface area contributed by atoms with Gasteiger partial charge in [0.25, 0.3) is 5.91 Å². The summed E-state index contributed by atoms with van der Waals surface area (Å²) >= 11 is 0. The average molecular weight is 305 g/mol. The molecule has 1 saturated heterocycles. The monoisotopic (exact) mass is 305 g/mol. The van der Waals surface area contributed by atoms with E-state index in [4.69, 9.17) is 10.5 Å². The molecule has 2 N–H and O–H groups in total. The van der Waals surface area contributed by atoms with Crippen molar-refractivity contribution in [3.8, 4) is 0 Å². The second kappa shape index (κ2) is 6.34. The number of hydrogen-bond donors (Lipinski definition) is 1. The van der Waals surface area contributed by atoms with Gasteiger partial charge in [-0.2, -0.15) is 0 Å². The molecule has 6 heteroatoms. The molecule has 0 aromatic carbocycles. The van der Waals surface area contributed by atoms with Crippen molar-refractivity contribution in [2.75, 3.05) is 13.1 Å². The highest BCUT2D eigenvalue weighted by molar-refractivity contribution is 5.90. The van der Waals surface area contributed by atoms with Crippen LogP contribution < -0.4 is 5.73 Å². The zero-order chi connectivity index (χ0) is 16.3. The molecule has 2 amide bonds. The Morgan fingerprint density at radius 1 is 1.27 bits per heavy atom. The molecular formula is C16H23N3O3. The van der Waals surface area contributed by atoms with E-state index in [0.29, 0.717) is 13.1 Å². The lowest BCUT2D eigenvalue weighted by molar-refractivity contribution is 0.0204. The molecule has 0 saturated carbocycles. The van der Waals surface area contributed by atoms with Crippen molar-refractivity contribution in [1.82, 2.24) is 9.88 Å². The predicted octanol–water partition coefficient (Wildman–Crippen LogP) is 2.30. The maximum atomic E-state index is 12.0. The quantitative estimate of drug-likeness (QED) is 0.908. The molecule has 1 aliphatic rings. The molecule has 6 nitrogen and oxygen atoms in total. The highest BCUT2D eigenvalue weighted by Gasteiger charge is 2.28. The number of primary amides is 1. The molecule has 1 aliphatic heterocycles. The van der Waals surface area contributed by atoms with Crippen LogP contribution in [0.3, 0.4) is 0 Å². The van der Waals surface area contributed by atoms with Gasteiger partial charge in [0, 0.05) is 24.7 Å². The largest absolute Gasteiger partial charge is 0.444 e. The fourth-order valence-corrected chi connectivity index (χ4v) is 2.50. The van der Waals surface area contributed by atoms with Crippen LogP contribution in [-0.2, 0) is 4.74 Å². The number of amides is 2. The van der Waals surface area contributed by atoms with Gasteiger partial charge in [0.1, 0.15) is 11.3 Å². The normalized spacial score (nSPS) is 16.4. The molecular weight excluding hydrogens is 282 g/mol. The highest BCUT2D eigenvalue weighted by Crippen LogP contribution is 2.27. The zero-order valence-electron chi connectivity index (χ0n) is 13.3. The van der Waals surface area contributed by atoms with Gasteiger partial charge in [-0.3, -0.25) is 4.79 Å². The Morgan fingerprint density at radius 3 is 2.45 bits per heavy atom. The van der Waals surface area contributed by atoms with E-state index in [1.807, 2.05) is 26.8 Å². The molecule has 0 spiro atoms. The Balaban J connectivity index is 1.96. The lowest BCUT2D eigenvalue weighted by atomic mass is 9.93. The summed E-state index contributed by atoms with van der Waals surface area (Å²) in [6.07, 6.45) is 1.33. The van der Waals surface area contributed by atoms with Crippen LogP contribution in [0.2, 0.25) is 0 Å². The van der Waals surface area contributed by atoms with Crippen molar-refractivity contribution in [2.24, 2.45) is 5.73 Å². The van der Waals surface area contributed by atoms with Crippen LogP contribution >= 0.6 is 0 Å². The summed E-state index contributed by atoms with van der Waals surface area (Å²) in [5, 5.41) is 0. The van der Waals surface area contributed by atoms with Gasteiger partial charge in [0.05, 0.1) is 0 Å². The smallest absolute Gasteiger partial charge is 0.410 e. The molecule has 0 radical (unpaired) electrons. The molecule has 120 valence electrons. The molecule has 1 aromatic heterocycles. The molecule has 0 bridgehead atoms. The van der Waals surface area contributed by atoms with Crippen LogP contribution in [0, 0.1) is 0 Å². The predicted molar refractivity (Wildman–Crippen MR) is 82.5 cm³/mol. The van der Waals surface area contributed by atoms with E-state index < -0.39 is 11.5 Å². The van der Waals surface area contributed by atoms with Gasteiger partial charge in [-0.05, 0) is 45.7 Å². The van der Waals surface area contributed by atoms with E-state index in [1.165, 1.54) is 0 Å². The Labute approximate surface area is 130 Å². The van der Waals surface area contributed by atoms with E-state index in [9.17, 15) is 9.59 Å². The van der Waals surface area contributed by atoms with Crippen molar-refractivity contribution >= 4 is 12.0 Å². The van der Waals surface area contributed by atoms with Crippen molar-refractivity contribution in [3.63, 3.8) is 0 Å². The lowest BCUT2D eigenvalue weighted by Crippen LogP contribution is -2.41. The summed E-state index contributed by atoms with van der Waals surface area (Å²) in [7, 11) is 0. The standard InChI is InChI=1S/C16H23N3O3/c1-16(2,3)22-15(21)19-9-7-11(8-10-19)12-5-4-6-13(18-12)14(17)20/h4-6,11H,7-10H2,1-3H3,(H2,17,20). The fourth-order valence-electron chi connectivity index (χ4n) is 2.50. The SMILES string of the molecule is CC(C)(C)OC(=O)N1CCC(c2cccc(C(N)=O)n2)CC1. The first kappa shape index (κ1) is 16.3. The molecule has 0 unspecified atom stereocenters. The first-order valence-corrected chi connectivity index (χ1v) is 7.51. The number of pyridine rings is 1. The number of aromatic nitrogens is 1. The third-order valence-corrected chi connectivity index (χ3v) is 3.59. The number of carbonyl (C=O) groups is 2. The third-order valence-electron chi connectivity index (χ3n) is 3.59. The lowest BCUT2D eigenvalue weighted by Gasteiger charge is -2.33. The van der Waals surface area contributed by atoms with E-state index >= 15 is 0 Å². The molecule has 2 heterocycles. The van der Waals surface area contributed by atoms with Gasteiger partial charge in [0.15, 0.2) is 0 Å². The fraction of sp³-hybridized carbons (Fsp3) is 0.562. The molecule has 1 fully saturated rings. The maximum absolute atomic E-state index is 12.0. The van der Waals surface area contributed by atoms with Crippen LogP contribution in [0.15, 0.2) is 18.2 Å². The number of likely N-dealkylation sites (tertiary alicyclic amines) is 1. The van der Waals surface area contributed by atoms with Crippen molar-refractivity contribution in [2.45, 2.75) is 45.1 Å². The second-order valence-electron chi connectivity index (χ2n) is 6.55. The van der Waals surface area contributed by atoms with Gasteiger partial charge in [0.2, 0.25) is 0 Å². The maximum Gasteiger partial charge on any atom is 0.410 e. The molecule has 2 rings (SSSR count). The molecule has 0 atom stereocenters. The van der Waals surface area contributed by atoms with Crippen LogP contribution in [0.1, 0.15) is 55.7 Å². The van der Waals surface area contributed by atoms with Gasteiger partial charge in [-0.15, -0.1) is 0 Å². The van der Waals surface area contributed by atoms with Crippen molar-refractivity contribution in [3.05, 3.63) is 29.6 Å². The number of hydrogen-bond acceptors (Lipinski definition) is 4. The number of rotatable bonds is 2. The zero-order valence-corrected chi connectivity index (χ0v) is 13.3. The topological polar surface area (TPSA) is 85.5 Å². The highest BCUT2D eigenvalue weighted by atomic mass is 16.6. The minimum absolute atomic E-state index is 0.234. The van der Waals surface area contributed by atoms with Crippen molar-refractivity contribution < 1.29 is 14.3 Å². The summed E-state index contributed by atoms with van der Waals surface area (Å²) in [4.78, 5) is 29.3. The van der Waals surface area contributed by atoms with E-state index in [0.717, 1.165) is 18.5 Å². The van der Waals surface area contributed by atoms with E-state index in [-0.39, 0.29) is 17.7 Å². The Bertz CT molecular complexity index is 558. The number of ether oxygens (including phenoxy) is 1. The van der Waals surface area contributed by atoms with Crippen LogP contribution in [0.4, 0.5) is 4.79 Å². The molecule has 22 heavy (non-hydrogen) atoms. The molecule has 1 aromatic rings. The van der Waals surface area contributed by atoms with E-state index in [1.54, 1.807) is 17.0 Å². The summed E-state index contributed by atoms with van der Waals surface area (Å²) < 4.78 is 5.38. The Morgan fingerprint density at radius 2 is 1.91 bits per heavy atom. The second-order valence-corrected chi connectivity index (χ2v) is 6.55. The first-order chi connectivity index (χ1) is 10.3. The number of nitrogens with two attached hydrogens (primary N) is 1. The van der Waals surface area contributed by atoms with Gasteiger partial charge >= 0.3 is 6.09 Å². The number of carbonyl (C=O) groups excluding carboxylic acids is 2. The minimum Gasteiger partial charge on any atom is -0.444 e.